The van der Waals surface area contributed by atoms with Crippen molar-refractivity contribution in [3.8, 4) is 0 Å². The van der Waals surface area contributed by atoms with Crippen LogP contribution < -0.4 is 10.0 Å². The molecule has 3 amide bonds. The van der Waals surface area contributed by atoms with Gasteiger partial charge in [-0.3, -0.25) is 9.59 Å². The van der Waals surface area contributed by atoms with E-state index in [-0.39, 0.29) is 36.4 Å². The van der Waals surface area contributed by atoms with Gasteiger partial charge in [0, 0.05) is 30.7 Å². The van der Waals surface area contributed by atoms with Crippen LogP contribution in [0.5, 0.6) is 0 Å². The maximum absolute atomic E-state index is 13.2. The van der Waals surface area contributed by atoms with Gasteiger partial charge in [-0.05, 0) is 68.7 Å². The maximum Gasteiger partial charge on any atom is 0.404 e. The number of carboxylic acid groups (broad SMARTS) is 1. The fourth-order valence-electron chi connectivity index (χ4n) is 4.25. The molecular weight excluding hydrogens is 508 g/mol. The third kappa shape index (κ3) is 6.45. The van der Waals surface area contributed by atoms with Gasteiger partial charge in [-0.1, -0.05) is 23.7 Å². The van der Waals surface area contributed by atoms with E-state index in [1.165, 1.54) is 17.0 Å². The summed E-state index contributed by atoms with van der Waals surface area (Å²) in [5.41, 5.74) is 0. The second-order valence-corrected chi connectivity index (χ2v) is 11.2. The standard InChI is InChI=1S/C24H31ClN4O6S/c1-15(2)28(11-4-10-26-24(32)33)22(30)16(3)29-12-9-21(23(29)31)27-36(34,35)20-8-6-17-13-19(25)7-5-18(17)14-20/h5-8,13-16,21,26-27H,4,9-12H2,1-3H3,(H,32,33)/t16-,21-/m0/s1. The maximum atomic E-state index is 13.2. The monoisotopic (exact) mass is 538 g/mol. The van der Waals surface area contributed by atoms with Crippen molar-refractivity contribution in [3.05, 3.63) is 41.4 Å². The van der Waals surface area contributed by atoms with Crippen LogP contribution in [0.2, 0.25) is 5.02 Å². The summed E-state index contributed by atoms with van der Waals surface area (Å²) in [5, 5.41) is 13.0. The van der Waals surface area contributed by atoms with Crippen molar-refractivity contribution < 1.29 is 27.9 Å². The van der Waals surface area contributed by atoms with Gasteiger partial charge in [-0.2, -0.15) is 4.72 Å². The molecule has 1 saturated heterocycles. The van der Waals surface area contributed by atoms with Gasteiger partial charge in [0.25, 0.3) is 0 Å². The highest BCUT2D eigenvalue weighted by Crippen LogP contribution is 2.24. The minimum Gasteiger partial charge on any atom is -0.465 e. The van der Waals surface area contributed by atoms with Crippen LogP contribution in [0.15, 0.2) is 41.3 Å². The van der Waals surface area contributed by atoms with Gasteiger partial charge in [0.05, 0.1) is 4.90 Å². The minimum atomic E-state index is -3.98. The predicted octanol–water partition coefficient (Wildman–Crippen LogP) is 2.66. The van der Waals surface area contributed by atoms with E-state index >= 15 is 0 Å². The van der Waals surface area contributed by atoms with Crippen molar-refractivity contribution in [1.29, 1.82) is 0 Å². The van der Waals surface area contributed by atoms with E-state index in [9.17, 15) is 22.8 Å². The zero-order chi connectivity index (χ0) is 26.6. The summed E-state index contributed by atoms with van der Waals surface area (Å²) in [5.74, 6) is -0.728. The lowest BCUT2D eigenvalue weighted by atomic mass is 10.1. The predicted molar refractivity (Wildman–Crippen MR) is 136 cm³/mol. The van der Waals surface area contributed by atoms with Crippen LogP contribution in [-0.4, -0.2) is 79.0 Å². The molecule has 0 radical (unpaired) electrons. The Kier molecular flexibility index (Phi) is 8.80. The molecule has 2 aromatic rings. The SMILES string of the molecule is CC(C)N(CCCNC(=O)O)C(=O)[C@H](C)N1CC[C@H](NS(=O)(=O)c2ccc3cc(Cl)ccc3c2)C1=O. The summed E-state index contributed by atoms with van der Waals surface area (Å²) in [4.78, 5) is 39.9. The fourth-order valence-corrected chi connectivity index (χ4v) is 5.69. The largest absolute Gasteiger partial charge is 0.465 e. The highest BCUT2D eigenvalue weighted by Gasteiger charge is 2.40. The summed E-state index contributed by atoms with van der Waals surface area (Å²) < 4.78 is 28.5. The number of hydrogen-bond donors (Lipinski definition) is 3. The van der Waals surface area contributed by atoms with Crippen molar-refractivity contribution in [2.45, 2.75) is 56.6 Å². The van der Waals surface area contributed by atoms with Crippen molar-refractivity contribution in [3.63, 3.8) is 0 Å². The molecule has 1 heterocycles. The number of rotatable bonds is 10. The average molecular weight is 539 g/mol. The van der Waals surface area contributed by atoms with E-state index < -0.39 is 34.1 Å². The molecule has 0 saturated carbocycles. The van der Waals surface area contributed by atoms with Gasteiger partial charge >= 0.3 is 6.09 Å². The van der Waals surface area contributed by atoms with E-state index in [1.807, 2.05) is 13.8 Å². The van der Waals surface area contributed by atoms with Crippen molar-refractivity contribution in [1.82, 2.24) is 19.8 Å². The number of sulfonamides is 1. The molecule has 12 heteroatoms. The Morgan fingerprint density at radius 3 is 2.50 bits per heavy atom. The first kappa shape index (κ1) is 27.7. The number of amides is 3. The Morgan fingerprint density at radius 1 is 1.17 bits per heavy atom. The van der Waals surface area contributed by atoms with Crippen LogP contribution in [-0.2, 0) is 19.6 Å². The molecule has 1 fully saturated rings. The number of carbonyl (C=O) groups excluding carboxylic acids is 2. The molecule has 36 heavy (non-hydrogen) atoms. The number of likely N-dealkylation sites (tertiary alicyclic amines) is 1. The van der Waals surface area contributed by atoms with E-state index in [0.717, 1.165) is 5.39 Å². The number of hydrogen-bond acceptors (Lipinski definition) is 5. The van der Waals surface area contributed by atoms with Crippen LogP contribution in [0, 0.1) is 0 Å². The first-order valence-electron chi connectivity index (χ1n) is 11.7. The molecule has 0 bridgehead atoms. The molecule has 10 nitrogen and oxygen atoms in total. The van der Waals surface area contributed by atoms with Gasteiger partial charge in [0.2, 0.25) is 21.8 Å². The van der Waals surface area contributed by atoms with E-state index in [0.29, 0.717) is 23.4 Å². The lowest BCUT2D eigenvalue weighted by Crippen LogP contribution is -2.52. The van der Waals surface area contributed by atoms with Gasteiger partial charge in [-0.25, -0.2) is 13.2 Å². The second-order valence-electron chi connectivity index (χ2n) is 9.03. The zero-order valence-corrected chi connectivity index (χ0v) is 22.0. The summed E-state index contributed by atoms with van der Waals surface area (Å²) in [7, 11) is -3.98. The zero-order valence-electron chi connectivity index (χ0n) is 20.4. The summed E-state index contributed by atoms with van der Waals surface area (Å²) >= 11 is 5.99. The molecule has 1 aliphatic heterocycles. The molecule has 0 unspecified atom stereocenters. The Bertz CT molecular complexity index is 1250. The Balaban J connectivity index is 1.67. The van der Waals surface area contributed by atoms with E-state index in [1.54, 1.807) is 36.1 Å². The molecule has 0 spiro atoms. The third-order valence-electron chi connectivity index (χ3n) is 6.20. The number of nitrogens with one attached hydrogen (secondary N) is 2. The highest BCUT2D eigenvalue weighted by atomic mass is 35.5. The van der Waals surface area contributed by atoms with Crippen molar-refractivity contribution in [2.75, 3.05) is 19.6 Å². The number of carbonyl (C=O) groups is 3. The summed E-state index contributed by atoms with van der Waals surface area (Å²) in [6, 6.07) is 7.87. The minimum absolute atomic E-state index is 0.0358. The Labute approximate surface area is 215 Å². The van der Waals surface area contributed by atoms with Crippen LogP contribution >= 0.6 is 11.6 Å². The van der Waals surface area contributed by atoms with Gasteiger partial charge in [-0.15, -0.1) is 0 Å². The Hall–Kier alpha value is -2.89. The third-order valence-corrected chi connectivity index (χ3v) is 7.91. The number of fused-ring (bicyclic) bond motifs is 1. The fraction of sp³-hybridized carbons (Fsp3) is 0.458. The molecule has 2 aromatic carbocycles. The molecule has 0 aliphatic carbocycles. The van der Waals surface area contributed by atoms with E-state index in [4.69, 9.17) is 16.7 Å². The lowest BCUT2D eigenvalue weighted by Gasteiger charge is -2.33. The number of benzene rings is 2. The second kappa shape index (κ2) is 11.4. The Morgan fingerprint density at radius 2 is 1.83 bits per heavy atom. The van der Waals surface area contributed by atoms with Crippen molar-refractivity contribution in [2.24, 2.45) is 0 Å². The molecule has 1 aliphatic rings. The van der Waals surface area contributed by atoms with Gasteiger partial charge in [0.1, 0.15) is 12.1 Å². The molecule has 0 aromatic heterocycles. The van der Waals surface area contributed by atoms with Gasteiger partial charge < -0.3 is 20.2 Å². The highest BCUT2D eigenvalue weighted by molar-refractivity contribution is 7.89. The summed E-state index contributed by atoms with van der Waals surface area (Å²) in [6.07, 6.45) is -0.463. The molecule has 3 rings (SSSR count). The van der Waals surface area contributed by atoms with Crippen LogP contribution in [0.25, 0.3) is 10.8 Å². The topological polar surface area (TPSA) is 136 Å². The number of halogens is 1. The van der Waals surface area contributed by atoms with Crippen LogP contribution in [0.4, 0.5) is 4.79 Å². The van der Waals surface area contributed by atoms with Gasteiger partial charge in [0.15, 0.2) is 0 Å². The molecular formula is C24H31ClN4O6S. The first-order valence-corrected chi connectivity index (χ1v) is 13.6. The average Bonchev–Trinajstić information content (AvgIpc) is 3.16. The molecule has 3 N–H and O–H groups in total. The smallest absolute Gasteiger partial charge is 0.404 e. The van der Waals surface area contributed by atoms with Crippen LogP contribution in [0.3, 0.4) is 0 Å². The number of nitrogens with zero attached hydrogens (tertiary/aromatic N) is 2. The first-order chi connectivity index (χ1) is 16.9. The lowest BCUT2D eigenvalue weighted by molar-refractivity contribution is -0.144. The van der Waals surface area contributed by atoms with E-state index in [2.05, 4.69) is 10.0 Å². The molecule has 196 valence electrons. The van der Waals surface area contributed by atoms with Crippen molar-refractivity contribution >= 4 is 50.3 Å². The van der Waals surface area contributed by atoms with Crippen LogP contribution in [0.1, 0.15) is 33.6 Å². The normalized spacial score (nSPS) is 17.0. The quantitative estimate of drug-likeness (QED) is 0.398. The summed E-state index contributed by atoms with van der Waals surface area (Å²) in [6.45, 7) is 6.07. The molecule has 2 atom stereocenters.